The summed E-state index contributed by atoms with van der Waals surface area (Å²) in [6.07, 6.45) is 5.52. The van der Waals surface area contributed by atoms with Crippen molar-refractivity contribution in [2.24, 2.45) is 7.05 Å². The van der Waals surface area contributed by atoms with Crippen molar-refractivity contribution in [2.45, 2.75) is 18.9 Å². The van der Waals surface area contributed by atoms with Gasteiger partial charge in [-0.05, 0) is 31.0 Å². The summed E-state index contributed by atoms with van der Waals surface area (Å²) in [7, 11) is 1.95. The van der Waals surface area contributed by atoms with Crippen molar-refractivity contribution < 1.29 is 0 Å². The number of hydrogen-bond donors (Lipinski definition) is 1. The highest BCUT2D eigenvalue weighted by atomic mass is 16.1. The first-order chi connectivity index (χ1) is 11.7. The monoisotopic (exact) mass is 323 g/mol. The van der Waals surface area contributed by atoms with E-state index in [0.29, 0.717) is 0 Å². The van der Waals surface area contributed by atoms with E-state index in [0.717, 1.165) is 42.4 Å². The van der Waals surface area contributed by atoms with Crippen molar-refractivity contribution in [1.82, 2.24) is 29.9 Å². The number of nitrogens with one attached hydrogen (secondary N) is 1. The minimum absolute atomic E-state index is 0.0894. The van der Waals surface area contributed by atoms with Gasteiger partial charge in [0.25, 0.3) is 5.56 Å². The number of aromatic nitrogens is 6. The van der Waals surface area contributed by atoms with Crippen molar-refractivity contribution in [3.05, 3.63) is 52.7 Å². The lowest BCUT2D eigenvalue weighted by Gasteiger charge is -2.24. The fourth-order valence-electron chi connectivity index (χ4n) is 3.17. The molecular weight excluding hydrogens is 306 g/mol. The Morgan fingerprint density at radius 1 is 1.25 bits per heavy atom. The molecule has 1 aliphatic rings. The van der Waals surface area contributed by atoms with Gasteiger partial charge in [0, 0.05) is 37.6 Å². The predicted molar refractivity (Wildman–Crippen MR) is 88.4 cm³/mol. The van der Waals surface area contributed by atoms with Crippen LogP contribution in [0.4, 0.5) is 5.95 Å². The van der Waals surface area contributed by atoms with Crippen LogP contribution in [-0.4, -0.2) is 36.5 Å². The maximum absolute atomic E-state index is 11.2. The Kier molecular flexibility index (Phi) is 3.56. The zero-order chi connectivity index (χ0) is 16.5. The first-order valence-electron chi connectivity index (χ1n) is 7.86. The molecule has 4 heterocycles. The molecule has 3 aromatic rings. The summed E-state index contributed by atoms with van der Waals surface area (Å²) in [4.78, 5) is 17.6. The van der Waals surface area contributed by atoms with Gasteiger partial charge in [-0.2, -0.15) is 5.10 Å². The molecule has 1 N–H and O–H groups in total. The second-order valence-electron chi connectivity index (χ2n) is 5.82. The third-order valence-electron chi connectivity index (χ3n) is 4.32. The number of H-pyrrole nitrogens is 1. The SMILES string of the molecule is Cn1c(-c2cccnc2)nnc1N1CCCC1c1ccc(=O)[nH]n1. The molecule has 4 rings (SSSR count). The molecule has 1 atom stereocenters. The zero-order valence-corrected chi connectivity index (χ0v) is 13.3. The van der Waals surface area contributed by atoms with E-state index in [1.165, 1.54) is 6.07 Å². The van der Waals surface area contributed by atoms with E-state index in [4.69, 9.17) is 0 Å². The van der Waals surface area contributed by atoms with Gasteiger partial charge in [-0.15, -0.1) is 10.2 Å². The predicted octanol–water partition coefficient (Wildman–Crippen LogP) is 1.30. The van der Waals surface area contributed by atoms with E-state index in [-0.39, 0.29) is 11.6 Å². The summed E-state index contributed by atoms with van der Waals surface area (Å²) in [5.41, 5.74) is 1.58. The van der Waals surface area contributed by atoms with Crippen LogP contribution in [0.1, 0.15) is 24.6 Å². The van der Waals surface area contributed by atoms with Crippen LogP contribution in [-0.2, 0) is 7.05 Å². The molecule has 0 saturated carbocycles. The Hall–Kier alpha value is -3.03. The molecule has 0 aliphatic carbocycles. The van der Waals surface area contributed by atoms with E-state index in [9.17, 15) is 4.79 Å². The number of hydrogen-bond acceptors (Lipinski definition) is 6. The third kappa shape index (κ3) is 2.45. The number of pyridine rings is 1. The minimum atomic E-state index is -0.194. The fraction of sp³-hybridized carbons (Fsp3) is 0.312. The largest absolute Gasteiger partial charge is 0.332 e. The molecule has 1 aliphatic heterocycles. The molecule has 0 bridgehead atoms. The number of anilines is 1. The molecule has 122 valence electrons. The van der Waals surface area contributed by atoms with Crippen LogP contribution in [0.3, 0.4) is 0 Å². The summed E-state index contributed by atoms with van der Waals surface area (Å²) in [6.45, 7) is 0.879. The number of aromatic amines is 1. The van der Waals surface area contributed by atoms with E-state index < -0.39 is 0 Å². The summed E-state index contributed by atoms with van der Waals surface area (Å²) < 4.78 is 1.97. The number of rotatable bonds is 3. The lowest BCUT2D eigenvalue weighted by molar-refractivity contribution is 0.652. The molecule has 24 heavy (non-hydrogen) atoms. The maximum Gasteiger partial charge on any atom is 0.264 e. The topological polar surface area (TPSA) is 92.6 Å². The quantitative estimate of drug-likeness (QED) is 0.781. The van der Waals surface area contributed by atoms with Crippen LogP contribution in [0.15, 0.2) is 41.5 Å². The second-order valence-corrected chi connectivity index (χ2v) is 5.82. The Morgan fingerprint density at radius 2 is 2.17 bits per heavy atom. The zero-order valence-electron chi connectivity index (χ0n) is 13.3. The molecule has 0 radical (unpaired) electrons. The first kappa shape index (κ1) is 14.6. The Bertz CT molecular complexity index is 882. The van der Waals surface area contributed by atoms with Crippen LogP contribution in [0.2, 0.25) is 0 Å². The van der Waals surface area contributed by atoms with E-state index in [1.807, 2.05) is 23.7 Å². The maximum atomic E-state index is 11.2. The molecular formula is C16H17N7O. The second kappa shape index (κ2) is 5.88. The highest BCUT2D eigenvalue weighted by molar-refractivity contribution is 5.56. The van der Waals surface area contributed by atoms with Crippen molar-refractivity contribution >= 4 is 5.95 Å². The van der Waals surface area contributed by atoms with Gasteiger partial charge in [0.2, 0.25) is 5.95 Å². The summed E-state index contributed by atoms with van der Waals surface area (Å²) >= 11 is 0. The average molecular weight is 323 g/mol. The third-order valence-corrected chi connectivity index (χ3v) is 4.32. The Morgan fingerprint density at radius 3 is 2.92 bits per heavy atom. The van der Waals surface area contributed by atoms with Gasteiger partial charge >= 0.3 is 0 Å². The normalized spacial score (nSPS) is 17.4. The van der Waals surface area contributed by atoms with E-state index in [2.05, 4.69) is 30.3 Å². The summed E-state index contributed by atoms with van der Waals surface area (Å²) in [5, 5.41) is 15.4. The average Bonchev–Trinajstić information content (AvgIpc) is 3.23. The van der Waals surface area contributed by atoms with Crippen molar-refractivity contribution in [3.8, 4) is 11.4 Å². The molecule has 8 nitrogen and oxygen atoms in total. The Balaban J connectivity index is 1.69. The number of nitrogens with zero attached hydrogens (tertiary/aromatic N) is 6. The summed E-state index contributed by atoms with van der Waals surface area (Å²) in [5.74, 6) is 1.57. The molecule has 0 aromatic carbocycles. The van der Waals surface area contributed by atoms with E-state index >= 15 is 0 Å². The van der Waals surface area contributed by atoms with Gasteiger partial charge < -0.3 is 4.90 Å². The standard InChI is InChI=1S/C16H17N7O/c1-22-15(11-4-2-8-17-10-11)20-21-16(22)23-9-3-5-13(23)12-6-7-14(24)19-18-12/h2,4,6-8,10,13H,3,5,9H2,1H3,(H,19,24). The highest BCUT2D eigenvalue weighted by Gasteiger charge is 2.31. The molecule has 1 fully saturated rings. The van der Waals surface area contributed by atoms with Crippen molar-refractivity contribution in [1.29, 1.82) is 0 Å². The van der Waals surface area contributed by atoms with Gasteiger partial charge in [0.1, 0.15) is 0 Å². The van der Waals surface area contributed by atoms with Crippen molar-refractivity contribution in [2.75, 3.05) is 11.4 Å². The first-order valence-corrected chi connectivity index (χ1v) is 7.86. The lowest BCUT2D eigenvalue weighted by Crippen LogP contribution is -2.27. The van der Waals surface area contributed by atoms with Gasteiger partial charge in [-0.3, -0.25) is 14.3 Å². The van der Waals surface area contributed by atoms with E-state index in [1.54, 1.807) is 18.5 Å². The van der Waals surface area contributed by atoms with Crippen LogP contribution in [0, 0.1) is 0 Å². The molecule has 8 heteroatoms. The smallest absolute Gasteiger partial charge is 0.264 e. The highest BCUT2D eigenvalue weighted by Crippen LogP contribution is 2.34. The molecule has 1 saturated heterocycles. The molecule has 0 amide bonds. The summed E-state index contributed by atoms with van der Waals surface area (Å²) in [6, 6.07) is 7.22. The molecule has 0 spiro atoms. The van der Waals surface area contributed by atoms with Crippen LogP contribution in [0.5, 0.6) is 0 Å². The van der Waals surface area contributed by atoms with Crippen LogP contribution >= 0.6 is 0 Å². The van der Waals surface area contributed by atoms with Crippen LogP contribution in [0.25, 0.3) is 11.4 Å². The van der Waals surface area contributed by atoms with Gasteiger partial charge in [-0.25, -0.2) is 5.10 Å². The van der Waals surface area contributed by atoms with Crippen LogP contribution < -0.4 is 10.5 Å². The van der Waals surface area contributed by atoms with Gasteiger partial charge in [0.05, 0.1) is 11.7 Å². The molecule has 1 unspecified atom stereocenters. The minimum Gasteiger partial charge on any atom is -0.332 e. The lowest BCUT2D eigenvalue weighted by atomic mass is 10.1. The Labute approximate surface area is 138 Å². The van der Waals surface area contributed by atoms with Gasteiger partial charge in [0.15, 0.2) is 5.82 Å². The van der Waals surface area contributed by atoms with Gasteiger partial charge in [-0.1, -0.05) is 0 Å². The fourth-order valence-corrected chi connectivity index (χ4v) is 3.17. The molecule has 3 aromatic heterocycles. The van der Waals surface area contributed by atoms with Crippen molar-refractivity contribution in [3.63, 3.8) is 0 Å².